The molecule has 0 radical (unpaired) electrons. The number of nitrogens with two attached hydrogens (primary N) is 3. The number of carbonyl (C=O) groups excluding carboxylic acids is 7. The van der Waals surface area contributed by atoms with Crippen LogP contribution < -0.4 is 54.4 Å². The summed E-state index contributed by atoms with van der Waals surface area (Å²) < 4.78 is 0. The molecule has 0 aliphatic heterocycles. The van der Waals surface area contributed by atoms with E-state index in [2.05, 4.69) is 67.5 Å². The lowest BCUT2D eigenvalue weighted by molar-refractivity contribution is -0.143. The fourth-order valence-electron chi connectivity index (χ4n) is 5.09. The highest BCUT2D eigenvalue weighted by Gasteiger charge is 2.34. The van der Waals surface area contributed by atoms with Gasteiger partial charge in [-0.1, -0.05) is 0 Å². The summed E-state index contributed by atoms with van der Waals surface area (Å²) in [6.45, 7) is -1.17. The van der Waals surface area contributed by atoms with Crippen LogP contribution in [0.25, 0.3) is 0 Å². The number of carbonyl (C=O) groups is 11. The van der Waals surface area contributed by atoms with Gasteiger partial charge in [0.2, 0.25) is 41.4 Å². The first kappa shape index (κ1) is 58.4. The zero-order valence-electron chi connectivity index (χ0n) is 34.5. The first-order valence-electron chi connectivity index (χ1n) is 19.1. The average molecular weight is 972 g/mol. The van der Waals surface area contributed by atoms with Gasteiger partial charge in [0.25, 0.3) is 0 Å². The number of aliphatic hydroxyl groups excluding tert-OH is 1. The molecule has 30 heteroatoms. The molecule has 0 rings (SSSR count). The van der Waals surface area contributed by atoms with E-state index in [1.165, 1.54) is 11.8 Å². The number of hydrogen-bond acceptors (Lipinski definition) is 17. The predicted octanol–water partition coefficient (Wildman–Crippen LogP) is -6.35. The third-order valence-electron chi connectivity index (χ3n) is 8.55. The van der Waals surface area contributed by atoms with Gasteiger partial charge in [-0.25, -0.2) is 4.79 Å². The molecule has 0 aromatic carbocycles. The molecule has 0 saturated heterocycles. The smallest absolute Gasteiger partial charge is 0.326 e. The van der Waals surface area contributed by atoms with Crippen molar-refractivity contribution in [2.24, 2.45) is 22.2 Å². The van der Waals surface area contributed by atoms with E-state index in [4.69, 9.17) is 22.3 Å². The lowest BCUT2D eigenvalue weighted by atomic mass is 10.1. The Hall–Kier alpha value is -5.59. The second-order valence-electron chi connectivity index (χ2n) is 13.6. The Bertz CT molecular complexity index is 1690. The van der Waals surface area contributed by atoms with Crippen LogP contribution in [0, 0.1) is 0 Å². The van der Waals surface area contributed by atoms with Gasteiger partial charge in [-0.05, 0) is 44.1 Å². The van der Waals surface area contributed by atoms with Crippen LogP contribution in [-0.2, 0) is 52.7 Å². The second-order valence-corrected chi connectivity index (χ2v) is 15.3. The average Bonchev–Trinajstić information content (AvgIpc) is 3.22. The van der Waals surface area contributed by atoms with Crippen molar-refractivity contribution in [2.45, 2.75) is 99.7 Å². The number of nitrogens with one attached hydrogen (secondary N) is 7. The number of thioether (sulfide) groups is 1. The Morgan fingerprint density at radius 3 is 1.36 bits per heavy atom. The number of aliphatic hydroxyl groups is 1. The standard InChI is InChI=1S/C34H57N11O16S3/c1-64-10-8-15(35)26(53)42-19(11-25(51)52)29(56)40-17(4-6-23(47)48)28(55)43-20(12-46)30(57)45-21(13-62)31(58)39-16(3-2-9-38-34(36)37)27(54)44-22(14-63)32(59)41-18(33(60)61)5-7-24(49)50/h15-22,46,62-63H,2-14,35H2,1H3,(H,39,58)(H,40,56)(H,41,59)(H,42,53)(H,43,55)(H,44,54)(H,45,57)(H,47,48)(H,49,50)(H,51,52)(H,60,61)(H4,36,37,38)/t15-,16-,17-,18-,19-,20-,21-,22-/m0/s1. The largest absolute Gasteiger partial charge is 0.481 e. The van der Waals surface area contributed by atoms with E-state index in [9.17, 15) is 73.2 Å². The van der Waals surface area contributed by atoms with Gasteiger partial charge in [0.1, 0.15) is 42.3 Å². The van der Waals surface area contributed by atoms with Crippen molar-refractivity contribution >= 4 is 108 Å². The van der Waals surface area contributed by atoms with Gasteiger partial charge in [0.05, 0.1) is 19.1 Å². The molecule has 362 valence electrons. The van der Waals surface area contributed by atoms with Crippen LogP contribution in [0.1, 0.15) is 51.4 Å². The molecular weight excluding hydrogens is 915 g/mol. The number of guanidine groups is 1. The van der Waals surface area contributed by atoms with Gasteiger partial charge in [0.15, 0.2) is 5.96 Å². The molecular formula is C34H57N11O16S3. The minimum absolute atomic E-state index is 0.0395. The lowest BCUT2D eigenvalue weighted by Crippen LogP contribution is -2.61. The van der Waals surface area contributed by atoms with Crippen LogP contribution >= 0.6 is 37.0 Å². The van der Waals surface area contributed by atoms with Crippen molar-refractivity contribution in [3.8, 4) is 0 Å². The number of rotatable bonds is 33. The molecule has 0 fully saturated rings. The molecule has 0 spiro atoms. The van der Waals surface area contributed by atoms with Gasteiger partial charge in [0, 0.05) is 30.9 Å². The molecule has 18 N–H and O–H groups in total. The SMILES string of the molecule is CSCC[C@H](N)C(=O)N[C@@H](CC(=O)O)C(=O)N[C@@H](CCC(=O)O)C(=O)N[C@@H](CO)C(=O)N[C@@H](CS)C(=O)N[C@@H](CCCN=C(N)N)C(=O)N[C@@H](CS)C(=O)N[C@@H](CCC(=O)O)C(=O)O. The maximum Gasteiger partial charge on any atom is 0.326 e. The summed E-state index contributed by atoms with van der Waals surface area (Å²) in [5, 5.41) is 62.4. The van der Waals surface area contributed by atoms with E-state index >= 15 is 0 Å². The molecule has 8 atom stereocenters. The maximum atomic E-state index is 13.5. The minimum atomic E-state index is -1.88. The monoisotopic (exact) mass is 971 g/mol. The van der Waals surface area contributed by atoms with Crippen LogP contribution in [0.15, 0.2) is 4.99 Å². The summed E-state index contributed by atoms with van der Waals surface area (Å²) in [6, 6.07) is -12.8. The summed E-state index contributed by atoms with van der Waals surface area (Å²) in [5.41, 5.74) is 16.5. The number of nitrogens with zero attached hydrogens (tertiary/aromatic N) is 1. The number of aliphatic imine (C=N–C) groups is 1. The van der Waals surface area contributed by atoms with Crippen LogP contribution in [0.4, 0.5) is 0 Å². The van der Waals surface area contributed by atoms with Crippen molar-refractivity contribution in [2.75, 3.05) is 36.7 Å². The fourth-order valence-corrected chi connectivity index (χ4v) is 6.09. The van der Waals surface area contributed by atoms with Crippen molar-refractivity contribution in [3.05, 3.63) is 0 Å². The summed E-state index contributed by atoms with van der Waals surface area (Å²) in [6.07, 6.45) is -1.64. The zero-order valence-corrected chi connectivity index (χ0v) is 37.1. The van der Waals surface area contributed by atoms with Gasteiger partial charge >= 0.3 is 23.9 Å². The Labute approximate surface area is 381 Å². The van der Waals surface area contributed by atoms with Crippen molar-refractivity contribution < 1.29 is 78.3 Å². The molecule has 27 nitrogen and oxygen atoms in total. The van der Waals surface area contributed by atoms with Gasteiger partial charge in [-0.2, -0.15) is 37.0 Å². The quantitative estimate of drug-likeness (QED) is 0.0126. The molecule has 0 bridgehead atoms. The number of hydrogen-bond donors (Lipinski definition) is 17. The minimum Gasteiger partial charge on any atom is -0.481 e. The number of carboxylic acid groups (broad SMARTS) is 4. The van der Waals surface area contributed by atoms with Crippen molar-refractivity contribution in [3.63, 3.8) is 0 Å². The highest BCUT2D eigenvalue weighted by molar-refractivity contribution is 7.98. The lowest BCUT2D eigenvalue weighted by Gasteiger charge is -2.26. The first-order chi connectivity index (χ1) is 30.0. The number of amides is 7. The second kappa shape index (κ2) is 31.3. The van der Waals surface area contributed by atoms with Crippen LogP contribution in [0.3, 0.4) is 0 Å². The molecule has 7 amide bonds. The fraction of sp³-hybridized carbons (Fsp3) is 0.647. The van der Waals surface area contributed by atoms with Crippen molar-refractivity contribution in [1.29, 1.82) is 0 Å². The summed E-state index contributed by atoms with van der Waals surface area (Å²) >= 11 is 9.46. The third-order valence-corrected chi connectivity index (χ3v) is 9.92. The summed E-state index contributed by atoms with van der Waals surface area (Å²) in [5.74, 6) is -14.2. The normalized spacial score (nSPS) is 14.5. The van der Waals surface area contributed by atoms with E-state index in [-0.39, 0.29) is 31.8 Å². The van der Waals surface area contributed by atoms with E-state index in [1.807, 2.05) is 0 Å². The Morgan fingerprint density at radius 1 is 0.547 bits per heavy atom. The van der Waals surface area contributed by atoms with Crippen LogP contribution in [0.2, 0.25) is 0 Å². The van der Waals surface area contributed by atoms with Gasteiger partial charge < -0.3 is 80.0 Å². The molecule has 64 heavy (non-hydrogen) atoms. The number of aliphatic carboxylic acids is 4. The number of thiol groups is 2. The Balaban J connectivity index is 6.20. The Morgan fingerprint density at radius 2 is 0.938 bits per heavy atom. The van der Waals surface area contributed by atoms with Crippen LogP contribution in [0.5, 0.6) is 0 Å². The van der Waals surface area contributed by atoms with E-state index < -0.39 is 164 Å². The third kappa shape index (κ3) is 23.7. The molecule has 0 heterocycles. The number of carboxylic acids is 4. The summed E-state index contributed by atoms with van der Waals surface area (Å²) in [4.78, 5) is 141. The molecule has 0 aromatic heterocycles. The highest BCUT2D eigenvalue weighted by Crippen LogP contribution is 2.07. The van der Waals surface area contributed by atoms with Gasteiger partial charge in [-0.15, -0.1) is 0 Å². The topological polar surface area (TPSA) is 464 Å². The summed E-state index contributed by atoms with van der Waals surface area (Å²) in [7, 11) is 0. The molecule has 0 saturated carbocycles. The maximum absolute atomic E-state index is 13.5. The van der Waals surface area contributed by atoms with Crippen LogP contribution in [-0.4, -0.2) is 182 Å². The van der Waals surface area contributed by atoms with E-state index in [0.29, 0.717) is 5.75 Å². The first-order valence-corrected chi connectivity index (χ1v) is 21.8. The highest BCUT2D eigenvalue weighted by atomic mass is 32.2. The van der Waals surface area contributed by atoms with E-state index in [0.717, 1.165) is 0 Å². The molecule has 0 aromatic rings. The Kier molecular flexibility index (Phi) is 28.6. The van der Waals surface area contributed by atoms with Gasteiger partial charge in [-0.3, -0.25) is 52.9 Å². The molecule has 0 aliphatic rings. The zero-order chi connectivity index (χ0) is 49.1. The molecule has 0 unspecified atom stereocenters. The predicted molar refractivity (Wildman–Crippen MR) is 233 cm³/mol. The van der Waals surface area contributed by atoms with Crippen molar-refractivity contribution in [1.82, 2.24) is 37.2 Å². The molecule has 0 aliphatic carbocycles. The van der Waals surface area contributed by atoms with E-state index in [1.54, 1.807) is 6.26 Å².